The Bertz CT molecular complexity index is 700. The van der Waals surface area contributed by atoms with Crippen LogP contribution in [0.3, 0.4) is 0 Å². The summed E-state index contributed by atoms with van der Waals surface area (Å²) in [4.78, 5) is 25.7. The Kier molecular flexibility index (Phi) is 3.29. The van der Waals surface area contributed by atoms with Crippen molar-refractivity contribution in [3.05, 3.63) is 38.8 Å². The van der Waals surface area contributed by atoms with Gasteiger partial charge in [0.05, 0.1) is 5.69 Å². The van der Waals surface area contributed by atoms with Gasteiger partial charge in [-0.3, -0.25) is 9.59 Å². The van der Waals surface area contributed by atoms with E-state index in [1.165, 1.54) is 11.3 Å². The van der Waals surface area contributed by atoms with Crippen molar-refractivity contribution in [2.75, 3.05) is 18.0 Å². The van der Waals surface area contributed by atoms with E-state index in [2.05, 4.69) is 0 Å². The summed E-state index contributed by atoms with van der Waals surface area (Å²) in [5.74, 6) is 0.274. The van der Waals surface area contributed by atoms with Crippen LogP contribution in [0.1, 0.15) is 12.8 Å². The van der Waals surface area contributed by atoms with E-state index in [0.29, 0.717) is 42.0 Å². The maximum absolute atomic E-state index is 12.5. The minimum absolute atomic E-state index is 0.00518. The standard InChI is InChI=1S/C14H12ClNO2S/c15-9-1-2-13-11(7-9)14(18)12(8-19-13)16-5-3-10(17)4-6-16/h1-2,7-8H,3-6H2. The molecule has 19 heavy (non-hydrogen) atoms. The molecule has 3 nitrogen and oxygen atoms in total. The molecule has 1 aliphatic heterocycles. The van der Waals surface area contributed by atoms with Crippen LogP contribution in [-0.4, -0.2) is 18.9 Å². The molecule has 0 unspecified atom stereocenters. The lowest BCUT2D eigenvalue weighted by molar-refractivity contribution is -0.119. The molecule has 0 spiro atoms. The van der Waals surface area contributed by atoms with Gasteiger partial charge in [-0.2, -0.15) is 0 Å². The van der Waals surface area contributed by atoms with Gasteiger partial charge < -0.3 is 4.90 Å². The minimum atomic E-state index is 0.00518. The number of ketones is 1. The maximum atomic E-state index is 12.5. The zero-order valence-electron chi connectivity index (χ0n) is 10.2. The first kappa shape index (κ1) is 12.6. The van der Waals surface area contributed by atoms with Crippen LogP contribution in [0.5, 0.6) is 0 Å². The number of nitrogens with zero attached hydrogens (tertiary/aromatic N) is 1. The summed E-state index contributed by atoms with van der Waals surface area (Å²) in [6.07, 6.45) is 1.05. The third-order valence-corrected chi connectivity index (χ3v) is 4.56. The van der Waals surface area contributed by atoms with E-state index in [1.54, 1.807) is 12.1 Å². The number of benzene rings is 1. The van der Waals surface area contributed by atoms with Gasteiger partial charge in [0, 0.05) is 46.4 Å². The van der Waals surface area contributed by atoms with E-state index in [4.69, 9.17) is 11.6 Å². The molecule has 2 aromatic rings. The van der Waals surface area contributed by atoms with Crippen molar-refractivity contribution in [3.8, 4) is 0 Å². The number of carbonyl (C=O) groups excluding carboxylic acids is 1. The highest BCUT2D eigenvalue weighted by atomic mass is 35.5. The van der Waals surface area contributed by atoms with Gasteiger partial charge in [0.15, 0.2) is 0 Å². The molecule has 1 saturated heterocycles. The average Bonchev–Trinajstić information content (AvgIpc) is 2.41. The van der Waals surface area contributed by atoms with E-state index in [9.17, 15) is 9.59 Å². The van der Waals surface area contributed by atoms with Crippen LogP contribution < -0.4 is 10.3 Å². The number of anilines is 1. The predicted octanol–water partition coefficient (Wildman–Crippen LogP) is 3.08. The Morgan fingerprint density at radius 2 is 1.89 bits per heavy atom. The molecule has 0 bridgehead atoms. The quantitative estimate of drug-likeness (QED) is 0.811. The molecule has 5 heteroatoms. The molecule has 98 valence electrons. The second-order valence-electron chi connectivity index (χ2n) is 4.62. The van der Waals surface area contributed by atoms with Gasteiger partial charge in [0.25, 0.3) is 0 Å². The first-order valence-electron chi connectivity index (χ1n) is 6.13. The van der Waals surface area contributed by atoms with Crippen molar-refractivity contribution >= 4 is 44.5 Å². The number of halogens is 1. The van der Waals surface area contributed by atoms with Gasteiger partial charge in [-0.15, -0.1) is 11.3 Å². The van der Waals surface area contributed by atoms with Crippen LogP contribution >= 0.6 is 22.9 Å². The van der Waals surface area contributed by atoms with Crippen LogP contribution in [0.15, 0.2) is 28.4 Å². The van der Waals surface area contributed by atoms with E-state index >= 15 is 0 Å². The van der Waals surface area contributed by atoms with Gasteiger partial charge in [-0.1, -0.05) is 11.6 Å². The first-order chi connectivity index (χ1) is 9.15. The highest BCUT2D eigenvalue weighted by molar-refractivity contribution is 7.16. The molecule has 0 atom stereocenters. The molecule has 1 aliphatic rings. The lowest BCUT2D eigenvalue weighted by atomic mass is 10.1. The summed E-state index contributed by atoms with van der Waals surface area (Å²) >= 11 is 7.49. The SMILES string of the molecule is O=C1CCN(c2csc3ccc(Cl)cc3c2=O)CC1. The first-order valence-corrected chi connectivity index (χ1v) is 7.38. The average molecular weight is 294 g/mol. The highest BCUT2D eigenvalue weighted by Crippen LogP contribution is 2.25. The number of hydrogen-bond donors (Lipinski definition) is 0. The third-order valence-electron chi connectivity index (χ3n) is 3.38. The van der Waals surface area contributed by atoms with Crippen LogP contribution in [0.4, 0.5) is 5.69 Å². The molecule has 3 rings (SSSR count). The zero-order chi connectivity index (χ0) is 13.4. The molecule has 1 aromatic heterocycles. The normalized spacial score (nSPS) is 16.1. The Labute approximate surface area is 119 Å². The fourth-order valence-electron chi connectivity index (χ4n) is 2.31. The summed E-state index contributed by atoms with van der Waals surface area (Å²) in [5, 5.41) is 3.11. The van der Waals surface area contributed by atoms with E-state index in [0.717, 1.165) is 4.70 Å². The van der Waals surface area contributed by atoms with Gasteiger partial charge in [0.1, 0.15) is 5.78 Å². The van der Waals surface area contributed by atoms with Crippen molar-refractivity contribution in [2.24, 2.45) is 0 Å². The number of hydrogen-bond acceptors (Lipinski definition) is 4. The smallest absolute Gasteiger partial charge is 0.211 e. The number of piperidine rings is 1. The van der Waals surface area contributed by atoms with Crippen molar-refractivity contribution in [1.29, 1.82) is 0 Å². The number of rotatable bonds is 1. The molecule has 0 aliphatic carbocycles. The molecular weight excluding hydrogens is 282 g/mol. The molecular formula is C14H12ClNO2S. The maximum Gasteiger partial charge on any atom is 0.211 e. The summed E-state index contributed by atoms with van der Waals surface area (Å²) in [5.41, 5.74) is 0.692. The predicted molar refractivity (Wildman–Crippen MR) is 79.6 cm³/mol. The molecule has 0 saturated carbocycles. The van der Waals surface area contributed by atoms with Crippen LogP contribution in [0.25, 0.3) is 10.1 Å². The van der Waals surface area contributed by atoms with Gasteiger partial charge >= 0.3 is 0 Å². The summed E-state index contributed by atoms with van der Waals surface area (Å²) in [7, 11) is 0. The highest BCUT2D eigenvalue weighted by Gasteiger charge is 2.19. The molecule has 0 radical (unpaired) electrons. The van der Waals surface area contributed by atoms with Crippen molar-refractivity contribution in [2.45, 2.75) is 12.8 Å². The van der Waals surface area contributed by atoms with E-state index in [1.807, 2.05) is 16.3 Å². The molecule has 0 amide bonds. The Hall–Kier alpha value is -1.39. The third kappa shape index (κ3) is 2.38. The van der Waals surface area contributed by atoms with Crippen LogP contribution in [0.2, 0.25) is 5.02 Å². The fourth-order valence-corrected chi connectivity index (χ4v) is 3.40. The largest absolute Gasteiger partial charge is 0.367 e. The Balaban J connectivity index is 2.07. The zero-order valence-corrected chi connectivity index (χ0v) is 11.8. The second-order valence-corrected chi connectivity index (χ2v) is 5.96. The Morgan fingerprint density at radius 3 is 2.63 bits per heavy atom. The topological polar surface area (TPSA) is 37.4 Å². The number of carbonyl (C=O) groups is 1. The minimum Gasteiger partial charge on any atom is -0.367 e. The lowest BCUT2D eigenvalue weighted by Gasteiger charge is -2.27. The molecule has 2 heterocycles. The van der Waals surface area contributed by atoms with Crippen molar-refractivity contribution in [3.63, 3.8) is 0 Å². The van der Waals surface area contributed by atoms with E-state index < -0.39 is 0 Å². The van der Waals surface area contributed by atoms with Crippen LogP contribution in [-0.2, 0) is 4.79 Å². The lowest BCUT2D eigenvalue weighted by Crippen LogP contribution is -2.36. The van der Waals surface area contributed by atoms with E-state index in [-0.39, 0.29) is 11.2 Å². The van der Waals surface area contributed by atoms with Gasteiger partial charge in [0.2, 0.25) is 5.43 Å². The summed E-state index contributed by atoms with van der Waals surface area (Å²) in [6.45, 7) is 1.26. The van der Waals surface area contributed by atoms with Gasteiger partial charge in [-0.05, 0) is 18.2 Å². The van der Waals surface area contributed by atoms with Crippen LogP contribution in [0, 0.1) is 0 Å². The fraction of sp³-hybridized carbons (Fsp3) is 0.286. The van der Waals surface area contributed by atoms with Crippen molar-refractivity contribution < 1.29 is 4.79 Å². The molecule has 1 fully saturated rings. The summed E-state index contributed by atoms with van der Waals surface area (Å²) < 4.78 is 0.936. The van der Waals surface area contributed by atoms with Crippen molar-refractivity contribution in [1.82, 2.24) is 0 Å². The number of fused-ring (bicyclic) bond motifs is 1. The monoisotopic (exact) mass is 293 g/mol. The number of Topliss-reactive ketones (excluding diaryl/α,β-unsaturated/α-hetero) is 1. The Morgan fingerprint density at radius 1 is 1.16 bits per heavy atom. The summed E-state index contributed by atoms with van der Waals surface area (Å²) in [6, 6.07) is 5.38. The molecule has 1 aromatic carbocycles. The molecule has 0 N–H and O–H groups in total. The van der Waals surface area contributed by atoms with Gasteiger partial charge in [-0.25, -0.2) is 0 Å². The second kappa shape index (κ2) is 4.94.